The lowest BCUT2D eigenvalue weighted by atomic mass is 10.1. The topological polar surface area (TPSA) is 33.2 Å². The van der Waals surface area contributed by atoms with Crippen molar-refractivity contribution >= 4 is 28.6 Å². The van der Waals surface area contributed by atoms with Crippen LogP contribution in [0.5, 0.6) is 0 Å². The number of nitrogens with zero attached hydrogens (tertiary/aromatic N) is 2. The number of rotatable bonds is 4. The summed E-state index contributed by atoms with van der Waals surface area (Å²) >= 11 is 1.94. The zero-order valence-electron chi connectivity index (χ0n) is 16.5. The number of aromatic nitrogens is 1. The molecule has 3 nitrogen and oxygen atoms in total. The molecule has 1 aromatic heterocycles. The SMILES string of the molecule is CC(C)C(=O)N1CCC(Sc2ccc(-c3cnc4ccccc4c3)cc2)CC1. The molecule has 4 heteroatoms. The fourth-order valence-corrected chi connectivity index (χ4v) is 4.83. The van der Waals surface area contributed by atoms with Crippen LogP contribution in [-0.2, 0) is 4.79 Å². The van der Waals surface area contributed by atoms with Crippen LogP contribution >= 0.6 is 11.8 Å². The lowest BCUT2D eigenvalue weighted by molar-refractivity contribution is -0.135. The number of carbonyl (C=O) groups is 1. The van der Waals surface area contributed by atoms with Crippen molar-refractivity contribution < 1.29 is 4.79 Å². The van der Waals surface area contributed by atoms with E-state index in [-0.39, 0.29) is 11.8 Å². The first-order valence-electron chi connectivity index (χ1n) is 10.0. The summed E-state index contributed by atoms with van der Waals surface area (Å²) in [6.07, 6.45) is 4.09. The molecule has 0 spiro atoms. The number of fused-ring (bicyclic) bond motifs is 1. The van der Waals surface area contributed by atoms with Gasteiger partial charge in [-0.1, -0.05) is 44.2 Å². The van der Waals surface area contributed by atoms with Crippen molar-refractivity contribution in [2.24, 2.45) is 5.92 Å². The summed E-state index contributed by atoms with van der Waals surface area (Å²) in [4.78, 5) is 20.0. The van der Waals surface area contributed by atoms with E-state index in [1.165, 1.54) is 15.8 Å². The molecule has 0 N–H and O–H groups in total. The first-order valence-corrected chi connectivity index (χ1v) is 10.9. The summed E-state index contributed by atoms with van der Waals surface area (Å²) in [5, 5.41) is 1.76. The Hall–Kier alpha value is -2.33. The van der Waals surface area contributed by atoms with Crippen molar-refractivity contribution in [3.05, 3.63) is 60.8 Å². The van der Waals surface area contributed by atoms with Crippen LogP contribution in [0.3, 0.4) is 0 Å². The van der Waals surface area contributed by atoms with E-state index in [2.05, 4.69) is 41.4 Å². The Bertz CT molecular complexity index is 960. The summed E-state index contributed by atoms with van der Waals surface area (Å²) in [5.74, 6) is 0.387. The number of benzene rings is 2. The van der Waals surface area contributed by atoms with Crippen LogP contribution in [-0.4, -0.2) is 34.1 Å². The number of pyridine rings is 1. The summed E-state index contributed by atoms with van der Waals surface area (Å²) in [7, 11) is 0. The van der Waals surface area contributed by atoms with Gasteiger partial charge in [0, 0.05) is 46.3 Å². The molecule has 0 saturated carbocycles. The highest BCUT2D eigenvalue weighted by atomic mass is 32.2. The van der Waals surface area contributed by atoms with E-state index in [9.17, 15) is 4.79 Å². The molecule has 1 saturated heterocycles. The molecule has 28 heavy (non-hydrogen) atoms. The van der Waals surface area contributed by atoms with Gasteiger partial charge in [0.05, 0.1) is 5.52 Å². The van der Waals surface area contributed by atoms with E-state index in [0.717, 1.165) is 37.0 Å². The van der Waals surface area contributed by atoms with Crippen LogP contribution in [0.4, 0.5) is 0 Å². The zero-order chi connectivity index (χ0) is 19.5. The molecule has 0 bridgehead atoms. The molecule has 144 valence electrons. The van der Waals surface area contributed by atoms with Crippen LogP contribution < -0.4 is 0 Å². The first-order chi connectivity index (χ1) is 13.6. The second-order valence-corrected chi connectivity index (χ2v) is 9.11. The quantitative estimate of drug-likeness (QED) is 0.578. The van der Waals surface area contributed by atoms with E-state index in [1.807, 2.05) is 54.9 Å². The Labute approximate surface area is 171 Å². The van der Waals surface area contributed by atoms with Gasteiger partial charge in [0.15, 0.2) is 0 Å². The van der Waals surface area contributed by atoms with Gasteiger partial charge >= 0.3 is 0 Å². The maximum atomic E-state index is 12.1. The van der Waals surface area contributed by atoms with Crippen LogP contribution in [0, 0.1) is 5.92 Å². The zero-order valence-corrected chi connectivity index (χ0v) is 17.3. The van der Waals surface area contributed by atoms with E-state index in [0.29, 0.717) is 5.25 Å². The fraction of sp³-hybridized carbons (Fsp3) is 0.333. The summed E-state index contributed by atoms with van der Waals surface area (Å²) in [5.41, 5.74) is 3.37. The fourth-order valence-electron chi connectivity index (χ4n) is 3.71. The average molecular weight is 391 g/mol. The smallest absolute Gasteiger partial charge is 0.225 e. The van der Waals surface area contributed by atoms with Crippen LogP contribution in [0.25, 0.3) is 22.0 Å². The number of piperidine rings is 1. The lowest BCUT2D eigenvalue weighted by Crippen LogP contribution is -2.41. The Kier molecular flexibility index (Phi) is 5.67. The van der Waals surface area contributed by atoms with Gasteiger partial charge in [-0.25, -0.2) is 0 Å². The number of hydrogen-bond donors (Lipinski definition) is 0. The standard InChI is InChI=1S/C24H26N2OS/c1-17(2)24(27)26-13-11-22(12-14-26)28-21-9-7-18(8-10-21)20-15-19-5-3-4-6-23(19)25-16-20/h3-10,15-17,22H,11-14H2,1-2H3. The molecule has 0 unspecified atom stereocenters. The van der Waals surface area contributed by atoms with Crippen LogP contribution in [0.1, 0.15) is 26.7 Å². The Morgan fingerprint density at radius 1 is 1.04 bits per heavy atom. The predicted molar refractivity (Wildman–Crippen MR) is 117 cm³/mol. The lowest BCUT2D eigenvalue weighted by Gasteiger charge is -2.32. The third kappa shape index (κ3) is 4.22. The van der Waals surface area contributed by atoms with Crippen LogP contribution in [0.15, 0.2) is 65.7 Å². The summed E-state index contributed by atoms with van der Waals surface area (Å²) < 4.78 is 0. The second kappa shape index (κ2) is 8.36. The maximum Gasteiger partial charge on any atom is 0.225 e. The van der Waals surface area contributed by atoms with Gasteiger partial charge in [-0.05, 0) is 42.7 Å². The van der Waals surface area contributed by atoms with Gasteiger partial charge in [0.1, 0.15) is 0 Å². The third-order valence-corrected chi connectivity index (χ3v) is 6.68. The maximum absolute atomic E-state index is 12.1. The molecule has 0 atom stereocenters. The number of likely N-dealkylation sites (tertiary alicyclic amines) is 1. The molecule has 0 aliphatic carbocycles. The molecule has 0 radical (unpaired) electrons. The Morgan fingerprint density at radius 2 is 1.75 bits per heavy atom. The van der Waals surface area contributed by atoms with E-state index >= 15 is 0 Å². The molecular formula is C24H26N2OS. The molecule has 2 aromatic carbocycles. The van der Waals surface area contributed by atoms with E-state index in [1.54, 1.807) is 0 Å². The molecular weight excluding hydrogens is 364 g/mol. The monoisotopic (exact) mass is 390 g/mol. The molecule has 1 fully saturated rings. The number of hydrogen-bond acceptors (Lipinski definition) is 3. The minimum absolute atomic E-state index is 0.0985. The van der Waals surface area contributed by atoms with Gasteiger partial charge in [-0.3, -0.25) is 9.78 Å². The number of para-hydroxylation sites is 1. The minimum Gasteiger partial charge on any atom is -0.342 e. The predicted octanol–water partition coefficient (Wildman–Crippen LogP) is 5.64. The van der Waals surface area contributed by atoms with Crippen molar-refractivity contribution in [1.82, 2.24) is 9.88 Å². The van der Waals surface area contributed by atoms with Gasteiger partial charge in [0.2, 0.25) is 5.91 Å². The van der Waals surface area contributed by atoms with Gasteiger partial charge in [-0.15, -0.1) is 11.8 Å². The summed E-state index contributed by atoms with van der Waals surface area (Å²) in [6.45, 7) is 5.73. The molecule has 1 aliphatic rings. The molecule has 3 aromatic rings. The summed E-state index contributed by atoms with van der Waals surface area (Å²) in [6, 6.07) is 19.2. The number of amides is 1. The Balaban J connectivity index is 1.39. The normalized spacial score (nSPS) is 15.3. The highest BCUT2D eigenvalue weighted by molar-refractivity contribution is 8.00. The van der Waals surface area contributed by atoms with Crippen molar-refractivity contribution in [3.63, 3.8) is 0 Å². The second-order valence-electron chi connectivity index (χ2n) is 7.74. The minimum atomic E-state index is 0.0985. The van der Waals surface area contributed by atoms with Crippen molar-refractivity contribution in [2.75, 3.05) is 13.1 Å². The van der Waals surface area contributed by atoms with Crippen molar-refractivity contribution in [3.8, 4) is 11.1 Å². The van der Waals surface area contributed by atoms with Gasteiger partial charge in [-0.2, -0.15) is 0 Å². The third-order valence-electron chi connectivity index (χ3n) is 5.33. The van der Waals surface area contributed by atoms with Crippen LogP contribution in [0.2, 0.25) is 0 Å². The first kappa shape index (κ1) is 19.0. The molecule has 1 amide bonds. The molecule has 4 rings (SSSR count). The molecule has 2 heterocycles. The van der Waals surface area contributed by atoms with Gasteiger partial charge in [0.25, 0.3) is 0 Å². The highest BCUT2D eigenvalue weighted by Crippen LogP contribution is 2.32. The van der Waals surface area contributed by atoms with Crippen molar-refractivity contribution in [1.29, 1.82) is 0 Å². The van der Waals surface area contributed by atoms with Crippen molar-refractivity contribution in [2.45, 2.75) is 36.8 Å². The Morgan fingerprint density at radius 3 is 2.46 bits per heavy atom. The average Bonchev–Trinajstić information content (AvgIpc) is 2.74. The van der Waals surface area contributed by atoms with Gasteiger partial charge < -0.3 is 4.90 Å². The van der Waals surface area contributed by atoms with E-state index < -0.39 is 0 Å². The number of carbonyl (C=O) groups excluding carboxylic acids is 1. The number of thioether (sulfide) groups is 1. The largest absolute Gasteiger partial charge is 0.342 e. The van der Waals surface area contributed by atoms with E-state index in [4.69, 9.17) is 0 Å². The molecule has 1 aliphatic heterocycles. The highest BCUT2D eigenvalue weighted by Gasteiger charge is 2.24.